The second-order valence-electron chi connectivity index (χ2n) is 5.74. The molecule has 0 radical (unpaired) electrons. The predicted molar refractivity (Wildman–Crippen MR) is 90.3 cm³/mol. The van der Waals surface area contributed by atoms with Crippen LogP contribution in [0.3, 0.4) is 0 Å². The number of fused-ring (bicyclic) bond motifs is 3. The largest absolute Gasteiger partial charge is 0.355 e. The zero-order chi connectivity index (χ0) is 14.2. The first kappa shape index (κ1) is 12.5. The summed E-state index contributed by atoms with van der Waals surface area (Å²) in [5.74, 6) is 0. The van der Waals surface area contributed by atoms with Crippen molar-refractivity contribution in [1.82, 2.24) is 4.98 Å². The molecule has 0 saturated carbocycles. The van der Waals surface area contributed by atoms with E-state index in [2.05, 4.69) is 66.5 Å². The second kappa shape index (κ2) is 4.92. The highest BCUT2D eigenvalue weighted by molar-refractivity contribution is 5.93. The Morgan fingerprint density at radius 2 is 1.76 bits per heavy atom. The molecule has 1 heteroatoms. The van der Waals surface area contributed by atoms with Gasteiger partial charge >= 0.3 is 0 Å². The van der Waals surface area contributed by atoms with Crippen molar-refractivity contribution in [3.63, 3.8) is 0 Å². The number of rotatable bonds is 2. The molecule has 3 aromatic rings. The average Bonchev–Trinajstić information content (AvgIpc) is 2.92. The van der Waals surface area contributed by atoms with Crippen LogP contribution in [0, 0.1) is 0 Å². The molecule has 0 atom stereocenters. The van der Waals surface area contributed by atoms with E-state index in [0.29, 0.717) is 0 Å². The lowest BCUT2D eigenvalue weighted by molar-refractivity contribution is 1.000. The van der Waals surface area contributed by atoms with E-state index in [1.54, 1.807) is 0 Å². The highest BCUT2D eigenvalue weighted by Gasteiger charge is 2.17. The molecule has 0 bridgehead atoms. The number of H-pyrrole nitrogens is 1. The van der Waals surface area contributed by atoms with Crippen molar-refractivity contribution in [3.05, 3.63) is 70.9 Å². The van der Waals surface area contributed by atoms with Crippen molar-refractivity contribution in [3.8, 4) is 0 Å². The summed E-state index contributed by atoms with van der Waals surface area (Å²) >= 11 is 0. The Labute approximate surface area is 125 Å². The quantitative estimate of drug-likeness (QED) is 0.659. The molecule has 0 spiro atoms. The number of allylic oxidation sites excluding steroid dienone is 1. The van der Waals surface area contributed by atoms with E-state index in [0.717, 1.165) is 19.3 Å². The minimum atomic E-state index is 1.09. The van der Waals surface area contributed by atoms with Crippen molar-refractivity contribution in [2.24, 2.45) is 0 Å². The summed E-state index contributed by atoms with van der Waals surface area (Å²) < 4.78 is 0. The van der Waals surface area contributed by atoms with Crippen LogP contribution >= 0.6 is 0 Å². The normalized spacial score (nSPS) is 14.0. The third-order valence-corrected chi connectivity index (χ3v) is 4.55. The van der Waals surface area contributed by atoms with Crippen molar-refractivity contribution >= 4 is 22.6 Å². The lowest BCUT2D eigenvalue weighted by atomic mass is 9.88. The summed E-state index contributed by atoms with van der Waals surface area (Å²) in [6.07, 6.45) is 5.70. The molecule has 2 aromatic carbocycles. The first-order valence-corrected chi connectivity index (χ1v) is 7.75. The molecule has 1 aromatic heterocycles. The number of benzene rings is 2. The van der Waals surface area contributed by atoms with Crippen LogP contribution in [0.5, 0.6) is 0 Å². The van der Waals surface area contributed by atoms with Gasteiger partial charge in [-0.15, -0.1) is 0 Å². The molecule has 1 aliphatic rings. The molecule has 0 unspecified atom stereocenters. The first-order chi connectivity index (χ1) is 10.4. The maximum atomic E-state index is 3.58. The van der Waals surface area contributed by atoms with E-state index < -0.39 is 0 Å². The first-order valence-electron chi connectivity index (χ1n) is 7.75. The minimum Gasteiger partial charge on any atom is -0.355 e. The van der Waals surface area contributed by atoms with E-state index >= 15 is 0 Å². The van der Waals surface area contributed by atoms with Gasteiger partial charge in [-0.05, 0) is 53.7 Å². The fourth-order valence-corrected chi connectivity index (χ4v) is 3.47. The molecule has 1 N–H and O–H groups in total. The fourth-order valence-electron chi connectivity index (χ4n) is 3.47. The third kappa shape index (κ3) is 2.01. The van der Waals surface area contributed by atoms with Crippen LogP contribution in [0.1, 0.15) is 35.7 Å². The lowest BCUT2D eigenvalue weighted by Gasteiger charge is -2.16. The molecule has 0 amide bonds. The number of aromatic amines is 1. The minimum absolute atomic E-state index is 1.09. The van der Waals surface area contributed by atoms with Gasteiger partial charge in [-0.25, -0.2) is 0 Å². The Bertz CT molecular complexity index is 836. The van der Waals surface area contributed by atoms with Gasteiger partial charge in [0.2, 0.25) is 0 Å². The van der Waals surface area contributed by atoms with Gasteiger partial charge < -0.3 is 4.98 Å². The van der Waals surface area contributed by atoms with Crippen molar-refractivity contribution in [2.45, 2.75) is 26.2 Å². The van der Waals surface area contributed by atoms with Crippen LogP contribution in [0.2, 0.25) is 0 Å². The van der Waals surface area contributed by atoms with Crippen LogP contribution in [-0.2, 0) is 12.8 Å². The topological polar surface area (TPSA) is 15.8 Å². The summed E-state index contributed by atoms with van der Waals surface area (Å²) in [5.41, 5.74) is 8.36. The van der Waals surface area contributed by atoms with Crippen LogP contribution in [0.25, 0.3) is 22.6 Å². The Morgan fingerprint density at radius 1 is 0.952 bits per heavy atom. The van der Waals surface area contributed by atoms with Gasteiger partial charge in [0.15, 0.2) is 0 Å². The molecule has 21 heavy (non-hydrogen) atoms. The van der Waals surface area contributed by atoms with Gasteiger partial charge in [-0.2, -0.15) is 0 Å². The van der Waals surface area contributed by atoms with E-state index in [-0.39, 0.29) is 0 Å². The number of para-hydroxylation sites is 1. The zero-order valence-corrected chi connectivity index (χ0v) is 12.3. The number of hydrogen-bond acceptors (Lipinski definition) is 0. The monoisotopic (exact) mass is 273 g/mol. The molecular weight excluding hydrogens is 254 g/mol. The van der Waals surface area contributed by atoms with Gasteiger partial charge in [-0.3, -0.25) is 0 Å². The van der Waals surface area contributed by atoms with Crippen LogP contribution in [-0.4, -0.2) is 4.98 Å². The molecule has 0 saturated heterocycles. The van der Waals surface area contributed by atoms with Crippen LogP contribution < -0.4 is 0 Å². The molecule has 1 aliphatic carbocycles. The van der Waals surface area contributed by atoms with E-state index in [1.807, 2.05) is 0 Å². The van der Waals surface area contributed by atoms with Crippen molar-refractivity contribution in [1.29, 1.82) is 0 Å². The van der Waals surface area contributed by atoms with Crippen molar-refractivity contribution in [2.75, 3.05) is 0 Å². The number of nitrogens with one attached hydrogen (secondary N) is 1. The third-order valence-electron chi connectivity index (χ3n) is 4.55. The highest BCUT2D eigenvalue weighted by atomic mass is 14.7. The Balaban J connectivity index is 1.86. The molecule has 104 valence electrons. The smallest absolute Gasteiger partial charge is 0.0461 e. The summed E-state index contributed by atoms with van der Waals surface area (Å²) in [6.45, 7) is 2.23. The summed E-state index contributed by atoms with van der Waals surface area (Å²) in [6, 6.07) is 17.4. The molecular formula is C20H19N. The zero-order valence-electron chi connectivity index (χ0n) is 12.3. The van der Waals surface area contributed by atoms with E-state index in [4.69, 9.17) is 0 Å². The summed E-state index contributed by atoms with van der Waals surface area (Å²) in [7, 11) is 0. The standard InChI is InChI=1S/C20H19N/c1-2-14-7-3-4-8-16(14)15-11-12-18-17-9-5-6-10-19(17)21-20(18)13-15/h3-10,13,21H,2,11-12H2,1H3. The fraction of sp³-hybridized carbons (Fsp3) is 0.200. The Hall–Kier alpha value is -2.28. The van der Waals surface area contributed by atoms with E-state index in [9.17, 15) is 0 Å². The molecule has 1 heterocycles. The van der Waals surface area contributed by atoms with Crippen molar-refractivity contribution < 1.29 is 0 Å². The maximum absolute atomic E-state index is 3.58. The van der Waals surface area contributed by atoms with Gasteiger partial charge in [0.05, 0.1) is 0 Å². The van der Waals surface area contributed by atoms with Gasteiger partial charge in [0.25, 0.3) is 0 Å². The van der Waals surface area contributed by atoms with Crippen LogP contribution in [0.4, 0.5) is 0 Å². The number of aromatic nitrogens is 1. The molecule has 1 nitrogen and oxygen atoms in total. The molecule has 0 fully saturated rings. The Kier molecular flexibility index (Phi) is 2.92. The predicted octanol–water partition coefficient (Wildman–Crippen LogP) is 5.22. The second-order valence-corrected chi connectivity index (χ2v) is 5.74. The number of hydrogen-bond donors (Lipinski definition) is 1. The maximum Gasteiger partial charge on any atom is 0.0461 e. The molecule has 4 rings (SSSR count). The van der Waals surface area contributed by atoms with Crippen LogP contribution in [0.15, 0.2) is 48.5 Å². The lowest BCUT2D eigenvalue weighted by Crippen LogP contribution is -2.00. The molecule has 0 aliphatic heterocycles. The van der Waals surface area contributed by atoms with Gasteiger partial charge in [0.1, 0.15) is 0 Å². The SMILES string of the molecule is CCc1ccccc1C1=Cc2[nH]c3ccccc3c2CC1. The summed E-state index contributed by atoms with van der Waals surface area (Å²) in [5, 5.41) is 1.38. The van der Waals surface area contributed by atoms with E-state index in [1.165, 1.54) is 38.9 Å². The van der Waals surface area contributed by atoms with Gasteiger partial charge in [-0.1, -0.05) is 49.4 Å². The van der Waals surface area contributed by atoms with Gasteiger partial charge in [0, 0.05) is 16.6 Å². The highest BCUT2D eigenvalue weighted by Crippen LogP contribution is 2.35. The number of aryl methyl sites for hydroxylation is 2. The Morgan fingerprint density at radius 3 is 2.67 bits per heavy atom. The average molecular weight is 273 g/mol. The summed E-state index contributed by atoms with van der Waals surface area (Å²) in [4.78, 5) is 3.58.